The summed E-state index contributed by atoms with van der Waals surface area (Å²) in [7, 11) is 1.79. The van der Waals surface area contributed by atoms with E-state index in [4.69, 9.17) is 0 Å². The van der Waals surface area contributed by atoms with Crippen LogP contribution in [0.25, 0.3) is 0 Å². The molecule has 2 bridgehead atoms. The maximum absolute atomic E-state index is 13.1. The standard InChI is InChI=1S/C19H25N3O2/c1-21(18(23)13-6-7-13)17-5-3-2-4-16(17)19(24)22-11-10-14-8-9-15(12-22)20-14/h2-5,13-15,20H,6-12H2,1H3. The summed E-state index contributed by atoms with van der Waals surface area (Å²) >= 11 is 0. The van der Waals surface area contributed by atoms with Crippen LogP contribution in [0.2, 0.25) is 0 Å². The van der Waals surface area contributed by atoms with E-state index >= 15 is 0 Å². The molecule has 24 heavy (non-hydrogen) atoms. The second kappa shape index (κ2) is 6.20. The van der Waals surface area contributed by atoms with E-state index in [1.165, 1.54) is 6.42 Å². The maximum Gasteiger partial charge on any atom is 0.256 e. The Labute approximate surface area is 143 Å². The fraction of sp³-hybridized carbons (Fsp3) is 0.579. The van der Waals surface area contributed by atoms with Gasteiger partial charge in [0, 0.05) is 38.1 Å². The predicted octanol–water partition coefficient (Wildman–Crippen LogP) is 2.03. The number of fused-ring (bicyclic) bond motifs is 2. The Morgan fingerprint density at radius 3 is 2.62 bits per heavy atom. The molecule has 2 aliphatic heterocycles. The molecule has 1 aromatic rings. The molecular formula is C19H25N3O2. The van der Waals surface area contributed by atoms with E-state index in [1.54, 1.807) is 11.9 Å². The van der Waals surface area contributed by atoms with Crippen molar-refractivity contribution in [3.05, 3.63) is 29.8 Å². The van der Waals surface area contributed by atoms with Crippen LogP contribution in [-0.4, -0.2) is 48.9 Å². The maximum atomic E-state index is 13.1. The normalized spacial score (nSPS) is 26.1. The third kappa shape index (κ3) is 2.93. The SMILES string of the molecule is CN(C(=O)C1CC1)c1ccccc1C(=O)N1CCC2CCC(C1)N2. The molecule has 1 aromatic carbocycles. The number of nitrogens with one attached hydrogen (secondary N) is 1. The van der Waals surface area contributed by atoms with E-state index in [0.717, 1.165) is 44.5 Å². The molecule has 0 aromatic heterocycles. The van der Waals surface area contributed by atoms with Crippen molar-refractivity contribution in [2.75, 3.05) is 25.0 Å². The summed E-state index contributed by atoms with van der Waals surface area (Å²) in [5.41, 5.74) is 1.38. The zero-order chi connectivity index (χ0) is 16.7. The predicted molar refractivity (Wildman–Crippen MR) is 93.0 cm³/mol. The Morgan fingerprint density at radius 1 is 1.08 bits per heavy atom. The number of anilines is 1. The molecule has 5 nitrogen and oxygen atoms in total. The molecule has 0 spiro atoms. The van der Waals surface area contributed by atoms with Crippen LogP contribution in [0.3, 0.4) is 0 Å². The molecule has 2 unspecified atom stereocenters. The Morgan fingerprint density at radius 2 is 1.83 bits per heavy atom. The fourth-order valence-corrected chi connectivity index (χ4v) is 3.97. The molecule has 128 valence electrons. The molecule has 2 heterocycles. The monoisotopic (exact) mass is 327 g/mol. The quantitative estimate of drug-likeness (QED) is 0.924. The average Bonchev–Trinajstić information content (AvgIpc) is 3.37. The third-order valence-electron chi connectivity index (χ3n) is 5.56. The van der Waals surface area contributed by atoms with E-state index in [-0.39, 0.29) is 17.7 Å². The van der Waals surface area contributed by atoms with Gasteiger partial charge in [-0.25, -0.2) is 0 Å². The summed E-state index contributed by atoms with van der Waals surface area (Å²) in [6.07, 6.45) is 5.33. The summed E-state index contributed by atoms with van der Waals surface area (Å²) in [5.74, 6) is 0.332. The zero-order valence-corrected chi connectivity index (χ0v) is 14.2. The Hall–Kier alpha value is -1.88. The molecule has 4 rings (SSSR count). The van der Waals surface area contributed by atoms with Crippen LogP contribution in [-0.2, 0) is 4.79 Å². The Kier molecular flexibility index (Phi) is 4.04. The van der Waals surface area contributed by atoms with Crippen molar-refractivity contribution in [1.29, 1.82) is 0 Å². The highest BCUT2D eigenvalue weighted by Gasteiger charge is 2.35. The van der Waals surface area contributed by atoms with E-state index < -0.39 is 0 Å². The number of amides is 2. The van der Waals surface area contributed by atoms with Crippen molar-refractivity contribution in [2.24, 2.45) is 5.92 Å². The van der Waals surface area contributed by atoms with Gasteiger partial charge in [-0.2, -0.15) is 0 Å². The summed E-state index contributed by atoms with van der Waals surface area (Å²) in [4.78, 5) is 29.2. The topological polar surface area (TPSA) is 52.7 Å². The molecule has 2 atom stereocenters. The number of hydrogen-bond donors (Lipinski definition) is 1. The first-order chi connectivity index (χ1) is 11.6. The lowest BCUT2D eigenvalue weighted by Crippen LogP contribution is -2.40. The minimum atomic E-state index is 0.0513. The lowest BCUT2D eigenvalue weighted by Gasteiger charge is -2.27. The van der Waals surface area contributed by atoms with Gasteiger partial charge >= 0.3 is 0 Å². The second-order valence-corrected chi connectivity index (χ2v) is 7.37. The van der Waals surface area contributed by atoms with Crippen LogP contribution in [0.1, 0.15) is 42.5 Å². The first-order valence-electron chi connectivity index (χ1n) is 9.05. The van der Waals surface area contributed by atoms with Crippen LogP contribution in [0.15, 0.2) is 24.3 Å². The molecule has 1 N–H and O–H groups in total. The Bertz CT molecular complexity index is 656. The van der Waals surface area contributed by atoms with Crippen molar-refractivity contribution >= 4 is 17.5 Å². The molecule has 3 fully saturated rings. The first kappa shape index (κ1) is 15.6. The number of hydrogen-bond acceptors (Lipinski definition) is 3. The van der Waals surface area contributed by atoms with Gasteiger partial charge in [-0.3, -0.25) is 9.59 Å². The van der Waals surface area contributed by atoms with Crippen LogP contribution >= 0.6 is 0 Å². The molecule has 2 saturated heterocycles. The van der Waals surface area contributed by atoms with Gasteiger partial charge in [0.05, 0.1) is 11.3 Å². The number of nitrogens with zero attached hydrogens (tertiary/aromatic N) is 2. The largest absolute Gasteiger partial charge is 0.337 e. The van der Waals surface area contributed by atoms with E-state index in [1.807, 2.05) is 29.2 Å². The molecule has 1 saturated carbocycles. The van der Waals surface area contributed by atoms with Gasteiger partial charge in [-0.05, 0) is 44.2 Å². The third-order valence-corrected chi connectivity index (χ3v) is 5.56. The van der Waals surface area contributed by atoms with Crippen molar-refractivity contribution in [3.8, 4) is 0 Å². The molecule has 1 aliphatic carbocycles. The summed E-state index contributed by atoms with van der Waals surface area (Å²) in [5, 5.41) is 3.61. The van der Waals surface area contributed by atoms with Gasteiger partial charge < -0.3 is 15.1 Å². The highest BCUT2D eigenvalue weighted by atomic mass is 16.2. The highest BCUT2D eigenvalue weighted by Crippen LogP contribution is 2.33. The van der Waals surface area contributed by atoms with Gasteiger partial charge in [0.25, 0.3) is 5.91 Å². The highest BCUT2D eigenvalue weighted by molar-refractivity contribution is 6.05. The Balaban J connectivity index is 1.56. The minimum absolute atomic E-state index is 0.0513. The summed E-state index contributed by atoms with van der Waals surface area (Å²) in [6, 6.07) is 8.49. The van der Waals surface area contributed by atoms with Gasteiger partial charge in [-0.15, -0.1) is 0 Å². The lowest BCUT2D eigenvalue weighted by molar-refractivity contribution is -0.119. The van der Waals surface area contributed by atoms with E-state index in [0.29, 0.717) is 17.6 Å². The van der Waals surface area contributed by atoms with Gasteiger partial charge in [0.15, 0.2) is 0 Å². The minimum Gasteiger partial charge on any atom is -0.337 e. The van der Waals surface area contributed by atoms with Gasteiger partial charge in [-0.1, -0.05) is 12.1 Å². The number of rotatable bonds is 3. The van der Waals surface area contributed by atoms with Crippen LogP contribution in [0, 0.1) is 5.92 Å². The zero-order valence-electron chi connectivity index (χ0n) is 14.2. The van der Waals surface area contributed by atoms with Crippen molar-refractivity contribution in [2.45, 2.75) is 44.2 Å². The molecule has 2 amide bonds. The number of carbonyl (C=O) groups is 2. The van der Waals surface area contributed by atoms with Crippen molar-refractivity contribution in [1.82, 2.24) is 10.2 Å². The number of likely N-dealkylation sites (tertiary alicyclic amines) is 1. The number of para-hydroxylation sites is 1. The molecule has 3 aliphatic rings. The number of benzene rings is 1. The lowest BCUT2D eigenvalue weighted by atomic mass is 10.1. The molecular weight excluding hydrogens is 302 g/mol. The average molecular weight is 327 g/mol. The van der Waals surface area contributed by atoms with Gasteiger partial charge in [0.1, 0.15) is 0 Å². The summed E-state index contributed by atoms with van der Waals surface area (Å²) < 4.78 is 0. The van der Waals surface area contributed by atoms with Crippen molar-refractivity contribution in [3.63, 3.8) is 0 Å². The van der Waals surface area contributed by atoms with Crippen LogP contribution in [0.4, 0.5) is 5.69 Å². The van der Waals surface area contributed by atoms with E-state index in [2.05, 4.69) is 5.32 Å². The van der Waals surface area contributed by atoms with Crippen LogP contribution in [0.5, 0.6) is 0 Å². The van der Waals surface area contributed by atoms with Crippen LogP contribution < -0.4 is 10.2 Å². The smallest absolute Gasteiger partial charge is 0.256 e. The fourth-order valence-electron chi connectivity index (χ4n) is 3.97. The molecule has 0 radical (unpaired) electrons. The summed E-state index contributed by atoms with van der Waals surface area (Å²) in [6.45, 7) is 1.56. The second-order valence-electron chi connectivity index (χ2n) is 7.37. The van der Waals surface area contributed by atoms with Crippen molar-refractivity contribution < 1.29 is 9.59 Å². The first-order valence-corrected chi connectivity index (χ1v) is 9.05. The van der Waals surface area contributed by atoms with E-state index in [9.17, 15) is 9.59 Å². The van der Waals surface area contributed by atoms with Gasteiger partial charge in [0.2, 0.25) is 5.91 Å². The molecule has 5 heteroatoms. The number of carbonyl (C=O) groups excluding carboxylic acids is 2.